The summed E-state index contributed by atoms with van der Waals surface area (Å²) in [5, 5.41) is 34.6. The monoisotopic (exact) mass is 468 g/mol. The normalized spacial score (nSPS) is 34.4. The lowest BCUT2D eigenvalue weighted by atomic mass is 9.48. The van der Waals surface area contributed by atoms with Gasteiger partial charge in [-0.2, -0.15) is 0 Å². The molecule has 2 saturated carbocycles. The van der Waals surface area contributed by atoms with Crippen LogP contribution in [0, 0.1) is 5.92 Å². The van der Waals surface area contributed by atoms with Gasteiger partial charge < -0.3 is 25.4 Å². The topological polar surface area (TPSA) is 119 Å². The van der Waals surface area contributed by atoms with Crippen molar-refractivity contribution in [2.45, 2.75) is 74.5 Å². The van der Waals surface area contributed by atoms with Crippen molar-refractivity contribution in [1.29, 1.82) is 0 Å². The van der Waals surface area contributed by atoms with Gasteiger partial charge in [-0.25, -0.2) is 0 Å². The predicted octanol–water partition coefficient (Wildman–Crippen LogP) is 1.86. The maximum Gasteiger partial charge on any atom is 0.303 e. The molecule has 8 heteroatoms. The smallest absolute Gasteiger partial charge is 0.303 e. The zero-order valence-corrected chi connectivity index (χ0v) is 19.3. The first-order chi connectivity index (χ1) is 16.3. The summed E-state index contributed by atoms with van der Waals surface area (Å²) in [6, 6.07) is 3.66. The molecule has 0 aromatic heterocycles. The molecule has 5 aliphatic rings. The van der Waals surface area contributed by atoms with Crippen molar-refractivity contribution < 1.29 is 29.6 Å². The molecule has 34 heavy (non-hydrogen) atoms. The Balaban J connectivity index is 1.35. The SMILES string of the molecule is O=C(O)CCCNC(=O)/C=C1\CC[C@@]2(O)[C@H]3Cc4ccc(O)c5c4[C@@]2(CCN3CC2CC2)[C@H]1O5. The average Bonchev–Trinajstić information content (AvgIpc) is 3.53. The van der Waals surface area contributed by atoms with Crippen LogP contribution in [0.15, 0.2) is 23.8 Å². The number of nitrogens with one attached hydrogen (secondary N) is 1. The second-order valence-electron chi connectivity index (χ2n) is 10.8. The van der Waals surface area contributed by atoms with E-state index in [0.717, 1.165) is 48.5 Å². The fourth-order valence-electron chi connectivity index (χ4n) is 7.15. The molecule has 4 N–H and O–H groups in total. The third-order valence-corrected chi connectivity index (χ3v) is 8.83. The van der Waals surface area contributed by atoms with Crippen molar-refractivity contribution in [3.05, 3.63) is 34.9 Å². The Morgan fingerprint density at radius 3 is 2.85 bits per heavy atom. The second-order valence-corrected chi connectivity index (χ2v) is 10.8. The van der Waals surface area contributed by atoms with Gasteiger partial charge in [0.05, 0.1) is 11.0 Å². The lowest BCUT2D eigenvalue weighted by Gasteiger charge is -2.63. The summed E-state index contributed by atoms with van der Waals surface area (Å²) in [7, 11) is 0. The van der Waals surface area contributed by atoms with Crippen LogP contribution in [0.5, 0.6) is 11.5 Å². The van der Waals surface area contributed by atoms with Crippen LogP contribution in [0.3, 0.4) is 0 Å². The highest BCUT2D eigenvalue weighted by Gasteiger charge is 2.72. The molecule has 6 rings (SSSR count). The minimum absolute atomic E-state index is 0.00216. The number of rotatable bonds is 7. The number of aromatic hydroxyl groups is 1. The quantitative estimate of drug-likeness (QED) is 0.356. The van der Waals surface area contributed by atoms with Gasteiger partial charge in [-0.3, -0.25) is 14.5 Å². The third kappa shape index (κ3) is 3.11. The molecule has 0 unspecified atom stereocenters. The first-order valence-electron chi connectivity index (χ1n) is 12.5. The van der Waals surface area contributed by atoms with E-state index in [1.54, 1.807) is 12.1 Å². The Labute approximate surface area is 198 Å². The van der Waals surface area contributed by atoms with Crippen LogP contribution in [0.2, 0.25) is 0 Å². The lowest BCUT2D eigenvalue weighted by molar-refractivity contribution is -0.174. The van der Waals surface area contributed by atoms with Crippen molar-refractivity contribution in [3.63, 3.8) is 0 Å². The average molecular weight is 469 g/mol. The van der Waals surface area contributed by atoms with Crippen LogP contribution in [-0.4, -0.2) is 69.5 Å². The van der Waals surface area contributed by atoms with Gasteiger partial charge in [0.25, 0.3) is 0 Å². The number of aliphatic carboxylic acids is 1. The summed E-state index contributed by atoms with van der Waals surface area (Å²) < 4.78 is 6.42. The predicted molar refractivity (Wildman–Crippen MR) is 123 cm³/mol. The first-order valence-corrected chi connectivity index (χ1v) is 12.5. The Kier molecular flexibility index (Phi) is 4.97. The molecule has 1 spiro atoms. The second kappa shape index (κ2) is 7.71. The summed E-state index contributed by atoms with van der Waals surface area (Å²) in [5.41, 5.74) is 1.25. The standard InChI is InChI=1S/C26H32N2O6/c29-18-6-5-16-12-19-26(33)8-7-17(13-20(30)27-10-1-2-21(31)32)24-25(26,22(16)23(18)34-24)9-11-28(19)14-15-3-4-15/h5-6,13,15,19,24,29,33H,1-4,7-12,14H2,(H,27,30)(H,31,32)/b17-13+/t19-,24+,25+,26-/m1/s1. The molecule has 182 valence electrons. The molecule has 8 nitrogen and oxygen atoms in total. The zero-order valence-electron chi connectivity index (χ0n) is 19.3. The first kappa shape index (κ1) is 21.9. The van der Waals surface area contributed by atoms with Crippen molar-refractivity contribution >= 4 is 11.9 Å². The Bertz CT molecular complexity index is 1080. The molecule has 3 fully saturated rings. The molecule has 1 aromatic carbocycles. The molecule has 3 aliphatic carbocycles. The number of ether oxygens (including phenoxy) is 1. The Morgan fingerprint density at radius 2 is 2.09 bits per heavy atom. The number of benzene rings is 1. The number of carboxylic acids is 1. The van der Waals surface area contributed by atoms with Gasteiger partial charge in [0.1, 0.15) is 6.10 Å². The van der Waals surface area contributed by atoms with Crippen molar-refractivity contribution in [1.82, 2.24) is 10.2 Å². The van der Waals surface area contributed by atoms with E-state index in [1.165, 1.54) is 12.8 Å². The molecule has 1 amide bonds. The van der Waals surface area contributed by atoms with E-state index in [0.29, 0.717) is 31.6 Å². The van der Waals surface area contributed by atoms with Crippen molar-refractivity contribution in [2.24, 2.45) is 5.92 Å². The van der Waals surface area contributed by atoms with E-state index in [2.05, 4.69) is 10.2 Å². The number of phenolic OH excluding ortho intramolecular Hbond substituents is 1. The summed E-state index contributed by atoms with van der Waals surface area (Å²) in [6.07, 6.45) is 6.54. The molecule has 2 bridgehead atoms. The highest BCUT2D eigenvalue weighted by Crippen LogP contribution is 2.66. The molecular formula is C26H32N2O6. The van der Waals surface area contributed by atoms with Crippen LogP contribution in [0.25, 0.3) is 0 Å². The van der Waals surface area contributed by atoms with Crippen LogP contribution in [-0.2, 0) is 21.4 Å². The number of phenols is 1. The molecule has 0 radical (unpaired) electrons. The minimum atomic E-state index is -0.980. The minimum Gasteiger partial charge on any atom is -0.504 e. The van der Waals surface area contributed by atoms with Crippen LogP contribution < -0.4 is 10.1 Å². The third-order valence-electron chi connectivity index (χ3n) is 8.83. The number of piperidine rings is 1. The highest BCUT2D eigenvalue weighted by atomic mass is 16.5. The molecule has 4 atom stereocenters. The van der Waals surface area contributed by atoms with Gasteiger partial charge in [-0.15, -0.1) is 0 Å². The lowest BCUT2D eigenvalue weighted by Crippen LogP contribution is -2.75. The number of carboxylic acid groups (broad SMARTS) is 1. The Morgan fingerprint density at radius 1 is 1.26 bits per heavy atom. The van der Waals surface area contributed by atoms with Crippen molar-refractivity contribution in [3.8, 4) is 11.5 Å². The number of hydrogen-bond acceptors (Lipinski definition) is 6. The van der Waals surface area contributed by atoms with E-state index >= 15 is 0 Å². The van der Waals surface area contributed by atoms with Crippen molar-refractivity contribution in [2.75, 3.05) is 19.6 Å². The maximum atomic E-state index is 12.7. The zero-order chi connectivity index (χ0) is 23.7. The fourth-order valence-corrected chi connectivity index (χ4v) is 7.15. The summed E-state index contributed by atoms with van der Waals surface area (Å²) in [5.74, 6) is 0.121. The largest absolute Gasteiger partial charge is 0.504 e. The molecule has 2 heterocycles. The van der Waals surface area contributed by atoms with E-state index < -0.39 is 23.1 Å². The van der Waals surface area contributed by atoms with Gasteiger partial charge in [0.15, 0.2) is 11.5 Å². The molecule has 2 aliphatic heterocycles. The number of carbonyl (C=O) groups is 2. The van der Waals surface area contributed by atoms with E-state index in [4.69, 9.17) is 9.84 Å². The van der Waals surface area contributed by atoms with E-state index in [9.17, 15) is 19.8 Å². The van der Waals surface area contributed by atoms with Gasteiger partial charge in [0, 0.05) is 37.2 Å². The van der Waals surface area contributed by atoms with Crippen LogP contribution in [0.1, 0.15) is 56.1 Å². The van der Waals surface area contributed by atoms with Gasteiger partial charge in [-0.1, -0.05) is 6.07 Å². The number of hydrogen-bond donors (Lipinski definition) is 4. The summed E-state index contributed by atoms with van der Waals surface area (Å²) in [6.45, 7) is 2.18. The maximum absolute atomic E-state index is 12.7. The fraction of sp³-hybridized carbons (Fsp3) is 0.615. The number of carbonyl (C=O) groups excluding carboxylic acids is 1. The number of nitrogens with zero attached hydrogens (tertiary/aromatic N) is 1. The van der Waals surface area contributed by atoms with Crippen LogP contribution in [0.4, 0.5) is 0 Å². The van der Waals surface area contributed by atoms with Gasteiger partial charge >= 0.3 is 5.97 Å². The summed E-state index contributed by atoms with van der Waals surface area (Å²) in [4.78, 5) is 25.9. The van der Waals surface area contributed by atoms with Gasteiger partial charge in [0.2, 0.25) is 5.91 Å². The van der Waals surface area contributed by atoms with Crippen LogP contribution >= 0.6 is 0 Å². The highest BCUT2D eigenvalue weighted by molar-refractivity contribution is 5.88. The molecular weight excluding hydrogens is 436 g/mol. The molecule has 1 aromatic rings. The van der Waals surface area contributed by atoms with E-state index in [-0.39, 0.29) is 24.1 Å². The molecule has 1 saturated heterocycles. The van der Waals surface area contributed by atoms with E-state index in [1.807, 2.05) is 6.07 Å². The van der Waals surface area contributed by atoms with Gasteiger partial charge in [-0.05, 0) is 74.6 Å². The number of aliphatic hydroxyl groups is 1. The number of amides is 1. The number of likely N-dealkylation sites (tertiary alicyclic amines) is 1. The summed E-state index contributed by atoms with van der Waals surface area (Å²) >= 11 is 0. The Hall–Kier alpha value is -2.58.